The minimum absolute atomic E-state index is 0.0443. The molecule has 11 heteroatoms. The maximum absolute atomic E-state index is 13.0. The molecule has 1 amide bonds. The van der Waals surface area contributed by atoms with Crippen molar-refractivity contribution in [3.8, 4) is 0 Å². The number of piperazine rings is 1. The highest BCUT2D eigenvalue weighted by Gasteiger charge is 2.36. The third-order valence-electron chi connectivity index (χ3n) is 6.77. The van der Waals surface area contributed by atoms with Crippen molar-refractivity contribution in [2.75, 3.05) is 52.4 Å². The van der Waals surface area contributed by atoms with Gasteiger partial charge in [-0.1, -0.05) is 6.07 Å². The zero-order valence-electron chi connectivity index (χ0n) is 18.5. The molecule has 0 aliphatic carbocycles. The molecule has 0 radical (unpaired) electrons. The normalized spacial score (nSPS) is 24.3. The van der Waals surface area contributed by atoms with Gasteiger partial charge in [-0.2, -0.15) is 17.5 Å². The second-order valence-electron chi connectivity index (χ2n) is 8.96. The van der Waals surface area contributed by atoms with Gasteiger partial charge >= 0.3 is 6.18 Å². The lowest BCUT2D eigenvalue weighted by atomic mass is 9.96. The van der Waals surface area contributed by atoms with Crippen LogP contribution in [-0.4, -0.2) is 87.0 Å². The molecular weight excluding hydrogens is 459 g/mol. The molecule has 7 nitrogen and oxygen atoms in total. The first-order chi connectivity index (χ1) is 15.6. The minimum atomic E-state index is -4.61. The van der Waals surface area contributed by atoms with Crippen molar-refractivity contribution in [2.24, 2.45) is 5.92 Å². The summed E-state index contributed by atoms with van der Waals surface area (Å²) in [5, 5.41) is 0. The van der Waals surface area contributed by atoms with Crippen LogP contribution >= 0.6 is 0 Å². The molecule has 1 aromatic rings. The highest BCUT2D eigenvalue weighted by atomic mass is 32.2. The predicted octanol–water partition coefficient (Wildman–Crippen LogP) is 2.43. The van der Waals surface area contributed by atoms with Gasteiger partial charge in [-0.3, -0.25) is 9.69 Å². The summed E-state index contributed by atoms with van der Waals surface area (Å²) in [6.07, 6.45) is -1.40. The number of carbonyl (C=O) groups is 1. The van der Waals surface area contributed by atoms with Crippen LogP contribution in [0.4, 0.5) is 13.2 Å². The van der Waals surface area contributed by atoms with Crippen LogP contribution in [0, 0.1) is 5.92 Å². The van der Waals surface area contributed by atoms with E-state index in [4.69, 9.17) is 4.74 Å². The average Bonchev–Trinajstić information content (AvgIpc) is 3.32. The van der Waals surface area contributed by atoms with Crippen molar-refractivity contribution in [3.63, 3.8) is 0 Å². The smallest absolute Gasteiger partial charge is 0.377 e. The molecule has 1 unspecified atom stereocenters. The second kappa shape index (κ2) is 9.89. The van der Waals surface area contributed by atoms with E-state index < -0.39 is 21.8 Å². The Labute approximate surface area is 192 Å². The van der Waals surface area contributed by atoms with Crippen molar-refractivity contribution in [2.45, 2.75) is 42.9 Å². The van der Waals surface area contributed by atoms with Crippen LogP contribution in [0.15, 0.2) is 29.2 Å². The van der Waals surface area contributed by atoms with E-state index in [0.717, 1.165) is 51.2 Å². The number of halogens is 3. The predicted molar refractivity (Wildman–Crippen MR) is 115 cm³/mol. The SMILES string of the molecule is O=C(C1CCN(S(=O)(=O)c2cccc(C(F)(F)F)c2)CC1)N1CCN(CC2CCCO2)CC1. The molecule has 0 N–H and O–H groups in total. The van der Waals surface area contributed by atoms with E-state index in [1.807, 2.05) is 4.90 Å². The fraction of sp³-hybridized carbons (Fsp3) is 0.682. The Hall–Kier alpha value is -1.69. The monoisotopic (exact) mass is 489 g/mol. The number of sulfonamides is 1. The zero-order chi connectivity index (χ0) is 23.6. The molecule has 1 atom stereocenters. The van der Waals surface area contributed by atoms with Crippen LogP contribution < -0.4 is 0 Å². The first-order valence-electron chi connectivity index (χ1n) is 11.4. The van der Waals surface area contributed by atoms with Crippen LogP contribution in [0.25, 0.3) is 0 Å². The van der Waals surface area contributed by atoms with Gasteiger partial charge in [0.25, 0.3) is 0 Å². The van der Waals surface area contributed by atoms with Crippen molar-refractivity contribution < 1.29 is 31.1 Å². The van der Waals surface area contributed by atoms with E-state index >= 15 is 0 Å². The van der Waals surface area contributed by atoms with Gasteiger partial charge in [0.2, 0.25) is 15.9 Å². The Balaban J connectivity index is 1.29. The highest BCUT2D eigenvalue weighted by Crippen LogP contribution is 2.32. The van der Waals surface area contributed by atoms with E-state index in [0.29, 0.717) is 32.0 Å². The third-order valence-corrected chi connectivity index (χ3v) is 8.67. The molecule has 0 spiro atoms. The van der Waals surface area contributed by atoms with Crippen LogP contribution in [0.5, 0.6) is 0 Å². The van der Waals surface area contributed by atoms with E-state index in [9.17, 15) is 26.4 Å². The Morgan fingerprint density at radius 3 is 2.33 bits per heavy atom. The van der Waals surface area contributed by atoms with E-state index in [1.54, 1.807) is 0 Å². The number of benzene rings is 1. The van der Waals surface area contributed by atoms with Crippen LogP contribution in [0.2, 0.25) is 0 Å². The molecule has 33 heavy (non-hydrogen) atoms. The summed E-state index contributed by atoms with van der Waals surface area (Å²) in [5.74, 6) is -0.217. The summed E-state index contributed by atoms with van der Waals surface area (Å²) < 4.78 is 71.6. The van der Waals surface area contributed by atoms with Gasteiger partial charge in [0, 0.05) is 58.3 Å². The number of amides is 1. The summed E-state index contributed by atoms with van der Waals surface area (Å²) in [6, 6.07) is 3.80. The summed E-state index contributed by atoms with van der Waals surface area (Å²) in [5.41, 5.74) is -0.993. The maximum atomic E-state index is 13.0. The Morgan fingerprint density at radius 2 is 1.73 bits per heavy atom. The lowest BCUT2D eigenvalue weighted by Gasteiger charge is -2.38. The highest BCUT2D eigenvalue weighted by molar-refractivity contribution is 7.89. The topological polar surface area (TPSA) is 70.2 Å². The number of alkyl halides is 3. The molecule has 4 rings (SSSR count). The van der Waals surface area contributed by atoms with Gasteiger partial charge in [0.1, 0.15) is 0 Å². The average molecular weight is 490 g/mol. The maximum Gasteiger partial charge on any atom is 0.416 e. The van der Waals surface area contributed by atoms with Gasteiger partial charge in [-0.15, -0.1) is 0 Å². The molecule has 1 aromatic carbocycles. The van der Waals surface area contributed by atoms with E-state index in [2.05, 4.69) is 4.90 Å². The molecule has 3 heterocycles. The number of piperidine rings is 1. The van der Waals surface area contributed by atoms with Gasteiger partial charge in [0.05, 0.1) is 16.6 Å². The number of hydrogen-bond acceptors (Lipinski definition) is 5. The lowest BCUT2D eigenvalue weighted by Crippen LogP contribution is -2.53. The van der Waals surface area contributed by atoms with E-state index in [1.165, 1.54) is 10.4 Å². The molecule has 0 aromatic heterocycles. The number of ether oxygens (including phenoxy) is 1. The van der Waals surface area contributed by atoms with Crippen LogP contribution in [-0.2, 0) is 25.7 Å². The van der Waals surface area contributed by atoms with Crippen molar-refractivity contribution >= 4 is 15.9 Å². The third kappa shape index (κ3) is 5.70. The molecule has 3 aliphatic rings. The van der Waals surface area contributed by atoms with Crippen molar-refractivity contribution in [1.29, 1.82) is 0 Å². The van der Waals surface area contributed by atoms with Crippen molar-refractivity contribution in [1.82, 2.24) is 14.1 Å². The fourth-order valence-corrected chi connectivity index (χ4v) is 6.33. The van der Waals surface area contributed by atoms with Gasteiger partial charge < -0.3 is 9.64 Å². The number of nitrogens with zero attached hydrogens (tertiary/aromatic N) is 3. The molecule has 3 saturated heterocycles. The minimum Gasteiger partial charge on any atom is -0.377 e. The van der Waals surface area contributed by atoms with E-state index in [-0.39, 0.29) is 35.9 Å². The summed E-state index contributed by atoms with van der Waals surface area (Å²) in [7, 11) is -4.05. The fourth-order valence-electron chi connectivity index (χ4n) is 4.81. The summed E-state index contributed by atoms with van der Waals surface area (Å²) >= 11 is 0. The molecular formula is C22H30F3N3O4S. The lowest BCUT2D eigenvalue weighted by molar-refractivity contribution is -0.139. The standard InChI is InChI=1S/C22H30F3N3O4S/c23-22(24,25)18-3-1-5-20(15-18)33(30,31)28-8-6-17(7-9-28)21(29)27-12-10-26(11-13-27)16-19-4-2-14-32-19/h1,3,5,15,17,19H,2,4,6-14,16H2. The molecule has 0 saturated carbocycles. The molecule has 3 aliphatic heterocycles. The quantitative estimate of drug-likeness (QED) is 0.636. The first-order valence-corrected chi connectivity index (χ1v) is 12.9. The first kappa shape index (κ1) is 24.4. The largest absolute Gasteiger partial charge is 0.416 e. The number of carbonyl (C=O) groups excluding carboxylic acids is 1. The van der Waals surface area contributed by atoms with Gasteiger partial charge in [0.15, 0.2) is 0 Å². The van der Waals surface area contributed by atoms with Crippen LogP contribution in [0.3, 0.4) is 0 Å². The van der Waals surface area contributed by atoms with Gasteiger partial charge in [-0.25, -0.2) is 8.42 Å². The Kier molecular flexibility index (Phi) is 7.32. The second-order valence-corrected chi connectivity index (χ2v) is 10.9. The van der Waals surface area contributed by atoms with Crippen molar-refractivity contribution in [3.05, 3.63) is 29.8 Å². The van der Waals surface area contributed by atoms with Gasteiger partial charge in [-0.05, 0) is 43.9 Å². The molecule has 3 fully saturated rings. The number of hydrogen-bond donors (Lipinski definition) is 0. The molecule has 184 valence electrons. The van der Waals surface area contributed by atoms with Crippen LogP contribution in [0.1, 0.15) is 31.2 Å². The number of rotatable bonds is 5. The Bertz CT molecular complexity index is 934. The summed E-state index contributed by atoms with van der Waals surface area (Å²) in [4.78, 5) is 16.8. The molecule has 0 bridgehead atoms. The summed E-state index contributed by atoms with van der Waals surface area (Å²) in [6.45, 7) is 4.85. The zero-order valence-corrected chi connectivity index (χ0v) is 19.3. The Morgan fingerprint density at radius 1 is 1.03 bits per heavy atom.